The molecule has 0 unspecified atom stereocenters. The van der Waals surface area contributed by atoms with Crippen molar-refractivity contribution in [1.29, 1.82) is 0 Å². The van der Waals surface area contributed by atoms with Gasteiger partial charge < -0.3 is 14.2 Å². The number of carbonyl (C=O) groups is 1. The van der Waals surface area contributed by atoms with Gasteiger partial charge in [-0.3, -0.25) is 4.79 Å². The standard InChI is InChI=1S/C17H16F2O4/c1-3-17(20)23-16-6-4-5-15(21-2)12(16)10-22-11-7-8-13(18)14(19)9-11/h4-9H,3,10H2,1-2H3. The van der Waals surface area contributed by atoms with Crippen LogP contribution in [0, 0.1) is 11.6 Å². The Morgan fingerprint density at radius 3 is 2.48 bits per heavy atom. The number of halogens is 2. The Kier molecular flexibility index (Phi) is 5.51. The maximum atomic E-state index is 13.2. The third-order valence-corrected chi connectivity index (χ3v) is 3.10. The molecule has 122 valence electrons. The molecule has 6 heteroatoms. The van der Waals surface area contributed by atoms with Crippen molar-refractivity contribution in [3.8, 4) is 17.2 Å². The third-order valence-electron chi connectivity index (χ3n) is 3.10. The van der Waals surface area contributed by atoms with Gasteiger partial charge in [0, 0.05) is 12.5 Å². The van der Waals surface area contributed by atoms with E-state index in [1.807, 2.05) is 0 Å². The number of ether oxygens (including phenoxy) is 3. The lowest BCUT2D eigenvalue weighted by molar-refractivity contribution is -0.134. The second-order valence-corrected chi connectivity index (χ2v) is 4.63. The maximum absolute atomic E-state index is 13.2. The van der Waals surface area contributed by atoms with Crippen LogP contribution in [0.5, 0.6) is 17.2 Å². The first-order chi connectivity index (χ1) is 11.0. The van der Waals surface area contributed by atoms with Gasteiger partial charge in [-0.25, -0.2) is 8.78 Å². The number of methoxy groups -OCH3 is 1. The molecule has 0 amide bonds. The van der Waals surface area contributed by atoms with E-state index < -0.39 is 17.6 Å². The second kappa shape index (κ2) is 7.58. The molecule has 23 heavy (non-hydrogen) atoms. The Balaban J connectivity index is 2.22. The van der Waals surface area contributed by atoms with E-state index in [1.165, 1.54) is 13.2 Å². The molecule has 0 heterocycles. The molecular weight excluding hydrogens is 306 g/mol. The van der Waals surface area contributed by atoms with E-state index >= 15 is 0 Å². The molecule has 0 spiro atoms. The molecule has 2 aromatic rings. The summed E-state index contributed by atoms with van der Waals surface area (Å²) >= 11 is 0. The molecule has 0 atom stereocenters. The number of esters is 1. The Bertz CT molecular complexity index is 701. The largest absolute Gasteiger partial charge is 0.496 e. The van der Waals surface area contributed by atoms with E-state index in [2.05, 4.69) is 0 Å². The zero-order valence-electron chi connectivity index (χ0n) is 12.8. The number of benzene rings is 2. The average Bonchev–Trinajstić information content (AvgIpc) is 2.56. The average molecular weight is 322 g/mol. The van der Waals surface area contributed by atoms with Gasteiger partial charge in [0.05, 0.1) is 12.7 Å². The van der Waals surface area contributed by atoms with Gasteiger partial charge in [-0.05, 0) is 24.3 Å². The summed E-state index contributed by atoms with van der Waals surface area (Å²) in [6, 6.07) is 8.21. The third kappa shape index (κ3) is 4.18. The molecule has 0 aromatic heterocycles. The predicted octanol–water partition coefficient (Wildman–Crippen LogP) is 3.87. The van der Waals surface area contributed by atoms with Crippen LogP contribution in [-0.4, -0.2) is 13.1 Å². The highest BCUT2D eigenvalue weighted by molar-refractivity contribution is 5.72. The van der Waals surface area contributed by atoms with Crippen molar-refractivity contribution >= 4 is 5.97 Å². The fraction of sp³-hybridized carbons (Fsp3) is 0.235. The SMILES string of the molecule is CCC(=O)Oc1cccc(OC)c1COc1ccc(F)c(F)c1. The summed E-state index contributed by atoms with van der Waals surface area (Å²) in [4.78, 5) is 11.5. The summed E-state index contributed by atoms with van der Waals surface area (Å²) < 4.78 is 42.0. The smallest absolute Gasteiger partial charge is 0.310 e. The second-order valence-electron chi connectivity index (χ2n) is 4.63. The highest BCUT2D eigenvalue weighted by Gasteiger charge is 2.14. The monoisotopic (exact) mass is 322 g/mol. The van der Waals surface area contributed by atoms with Crippen molar-refractivity contribution in [3.63, 3.8) is 0 Å². The zero-order chi connectivity index (χ0) is 16.8. The van der Waals surface area contributed by atoms with Crippen molar-refractivity contribution in [1.82, 2.24) is 0 Å². The lowest BCUT2D eigenvalue weighted by atomic mass is 10.2. The van der Waals surface area contributed by atoms with Gasteiger partial charge in [0.1, 0.15) is 23.9 Å². The Hall–Kier alpha value is -2.63. The summed E-state index contributed by atoms with van der Waals surface area (Å²) in [7, 11) is 1.47. The molecule has 0 saturated heterocycles. The predicted molar refractivity (Wildman–Crippen MR) is 79.6 cm³/mol. The topological polar surface area (TPSA) is 44.8 Å². The van der Waals surface area contributed by atoms with Crippen LogP contribution in [0.1, 0.15) is 18.9 Å². The van der Waals surface area contributed by atoms with Gasteiger partial charge in [-0.1, -0.05) is 13.0 Å². The summed E-state index contributed by atoms with van der Waals surface area (Å²) in [5.74, 6) is -1.42. The summed E-state index contributed by atoms with van der Waals surface area (Å²) in [5.41, 5.74) is 0.501. The van der Waals surface area contributed by atoms with Gasteiger partial charge in [-0.15, -0.1) is 0 Å². The highest BCUT2D eigenvalue weighted by Crippen LogP contribution is 2.30. The molecular formula is C17H16F2O4. The van der Waals surface area contributed by atoms with Crippen LogP contribution in [0.4, 0.5) is 8.78 Å². The molecule has 0 saturated carbocycles. The summed E-state index contributed by atoms with van der Waals surface area (Å²) in [5, 5.41) is 0. The zero-order valence-corrected chi connectivity index (χ0v) is 12.8. The van der Waals surface area contributed by atoms with Gasteiger partial charge in [0.15, 0.2) is 11.6 Å². The maximum Gasteiger partial charge on any atom is 0.310 e. The lowest BCUT2D eigenvalue weighted by Gasteiger charge is -2.14. The number of carbonyl (C=O) groups excluding carboxylic acids is 1. The minimum Gasteiger partial charge on any atom is -0.496 e. The Morgan fingerprint density at radius 1 is 1.09 bits per heavy atom. The fourth-order valence-electron chi connectivity index (χ4n) is 1.89. The van der Waals surface area contributed by atoms with Crippen LogP contribution in [0.3, 0.4) is 0 Å². The van der Waals surface area contributed by atoms with Crippen molar-refractivity contribution < 1.29 is 27.8 Å². The number of rotatable bonds is 6. The highest BCUT2D eigenvalue weighted by atomic mass is 19.2. The van der Waals surface area contributed by atoms with Gasteiger partial charge >= 0.3 is 5.97 Å². The van der Waals surface area contributed by atoms with Crippen LogP contribution in [0.15, 0.2) is 36.4 Å². The Morgan fingerprint density at radius 2 is 1.83 bits per heavy atom. The van der Waals surface area contributed by atoms with E-state index in [4.69, 9.17) is 14.2 Å². The van der Waals surface area contributed by atoms with Crippen molar-refractivity contribution in [2.24, 2.45) is 0 Å². The molecule has 0 N–H and O–H groups in total. The molecule has 2 aromatic carbocycles. The minimum atomic E-state index is -1.000. The number of hydrogen-bond acceptors (Lipinski definition) is 4. The lowest BCUT2D eigenvalue weighted by Crippen LogP contribution is -2.09. The van der Waals surface area contributed by atoms with Crippen molar-refractivity contribution in [3.05, 3.63) is 53.6 Å². The normalized spacial score (nSPS) is 10.3. The molecule has 0 fully saturated rings. The molecule has 0 bridgehead atoms. The number of hydrogen-bond donors (Lipinski definition) is 0. The van der Waals surface area contributed by atoms with E-state index in [1.54, 1.807) is 25.1 Å². The van der Waals surface area contributed by atoms with E-state index in [0.29, 0.717) is 17.1 Å². The van der Waals surface area contributed by atoms with Crippen LogP contribution in [-0.2, 0) is 11.4 Å². The molecule has 0 aliphatic carbocycles. The van der Waals surface area contributed by atoms with Crippen molar-refractivity contribution in [2.75, 3.05) is 7.11 Å². The molecule has 4 nitrogen and oxygen atoms in total. The van der Waals surface area contributed by atoms with Gasteiger partial charge in [0.2, 0.25) is 0 Å². The summed E-state index contributed by atoms with van der Waals surface area (Å²) in [6.45, 7) is 1.65. The fourth-order valence-corrected chi connectivity index (χ4v) is 1.89. The quantitative estimate of drug-likeness (QED) is 0.598. The van der Waals surface area contributed by atoms with E-state index in [0.717, 1.165) is 12.1 Å². The van der Waals surface area contributed by atoms with Crippen LogP contribution in [0.25, 0.3) is 0 Å². The minimum absolute atomic E-state index is 0.0264. The van der Waals surface area contributed by atoms with E-state index in [9.17, 15) is 13.6 Å². The van der Waals surface area contributed by atoms with Gasteiger partial charge in [-0.2, -0.15) is 0 Å². The van der Waals surface area contributed by atoms with Gasteiger partial charge in [0.25, 0.3) is 0 Å². The molecule has 0 aliphatic heterocycles. The molecule has 2 rings (SSSR count). The van der Waals surface area contributed by atoms with Crippen LogP contribution in [0.2, 0.25) is 0 Å². The van der Waals surface area contributed by atoms with Crippen LogP contribution < -0.4 is 14.2 Å². The first-order valence-electron chi connectivity index (χ1n) is 6.99. The summed E-state index contributed by atoms with van der Waals surface area (Å²) in [6.07, 6.45) is 0.223. The van der Waals surface area contributed by atoms with Crippen molar-refractivity contribution in [2.45, 2.75) is 20.0 Å². The Labute approximate surface area is 132 Å². The van der Waals surface area contributed by atoms with E-state index in [-0.39, 0.29) is 18.8 Å². The molecule has 0 radical (unpaired) electrons. The van der Waals surface area contributed by atoms with Crippen LogP contribution >= 0.6 is 0 Å². The first-order valence-corrected chi connectivity index (χ1v) is 6.99. The first kappa shape index (κ1) is 16.7. The molecule has 0 aliphatic rings.